The Kier molecular flexibility index (Phi) is 9.90. The maximum absolute atomic E-state index is 14.0. The van der Waals surface area contributed by atoms with Crippen molar-refractivity contribution in [1.82, 2.24) is 20.2 Å². The molecule has 0 radical (unpaired) electrons. The van der Waals surface area contributed by atoms with Crippen LogP contribution < -0.4 is 25.8 Å². The van der Waals surface area contributed by atoms with Gasteiger partial charge in [-0.25, -0.2) is 14.8 Å². The maximum atomic E-state index is 14.0. The number of anilines is 1. The Morgan fingerprint density at radius 1 is 1.07 bits per heavy atom. The number of hydrogen-bond acceptors (Lipinski definition) is 10. The summed E-state index contributed by atoms with van der Waals surface area (Å²) in [5.74, 6) is 0.117. The topological polar surface area (TPSA) is 158 Å². The first-order valence-corrected chi connectivity index (χ1v) is 16.6. The number of methoxy groups -OCH3 is 1. The van der Waals surface area contributed by atoms with E-state index in [1.807, 2.05) is 64.3 Å². The van der Waals surface area contributed by atoms with Gasteiger partial charge in [-0.1, -0.05) is 20.8 Å². The first-order valence-electron chi connectivity index (χ1n) is 15.8. The van der Waals surface area contributed by atoms with Crippen LogP contribution >= 0.6 is 11.3 Å². The molecule has 248 valence electrons. The van der Waals surface area contributed by atoms with E-state index in [4.69, 9.17) is 29.9 Å². The molecule has 3 atom stereocenters. The SMILES string of the molecule is COc1ccc2c(O[C@@H]3C[C@@H](C(N)=O)N(C(=O)[C@@H](NC(=O)OC4CCCC4)C(C)(C)C)C3)cc(-c3csc(NC(C)C)n3)nc2c1. The van der Waals surface area contributed by atoms with Gasteiger partial charge in [-0.2, -0.15) is 0 Å². The summed E-state index contributed by atoms with van der Waals surface area (Å²) < 4.78 is 17.6. The van der Waals surface area contributed by atoms with Crippen LogP contribution in [-0.4, -0.2) is 76.8 Å². The molecule has 0 bridgehead atoms. The van der Waals surface area contributed by atoms with Crippen molar-refractivity contribution in [1.29, 1.82) is 0 Å². The van der Waals surface area contributed by atoms with Crippen LogP contribution in [0, 0.1) is 5.41 Å². The van der Waals surface area contributed by atoms with E-state index in [9.17, 15) is 14.4 Å². The van der Waals surface area contributed by atoms with Crippen molar-refractivity contribution in [2.75, 3.05) is 19.0 Å². The van der Waals surface area contributed by atoms with E-state index in [1.54, 1.807) is 7.11 Å². The normalized spacial score (nSPS) is 19.3. The number of fused-ring (bicyclic) bond motifs is 1. The number of carbonyl (C=O) groups is 3. The largest absolute Gasteiger partial charge is 0.497 e. The maximum Gasteiger partial charge on any atom is 0.408 e. The molecule has 3 aromatic rings. The first kappa shape index (κ1) is 33.2. The average Bonchev–Trinajstić information content (AvgIpc) is 3.76. The van der Waals surface area contributed by atoms with Crippen LogP contribution in [0.4, 0.5) is 9.93 Å². The number of nitrogens with one attached hydrogen (secondary N) is 2. The number of pyridine rings is 1. The van der Waals surface area contributed by atoms with Crippen LogP contribution in [0.2, 0.25) is 0 Å². The first-order chi connectivity index (χ1) is 21.8. The Balaban J connectivity index is 1.41. The number of hydrogen-bond donors (Lipinski definition) is 3. The number of rotatable bonds is 10. The molecule has 0 unspecified atom stereocenters. The van der Waals surface area contributed by atoms with Crippen molar-refractivity contribution in [2.45, 2.75) is 97.1 Å². The molecule has 2 fully saturated rings. The van der Waals surface area contributed by atoms with Gasteiger partial charge < -0.3 is 35.5 Å². The van der Waals surface area contributed by atoms with Gasteiger partial charge in [0.25, 0.3) is 0 Å². The van der Waals surface area contributed by atoms with Crippen molar-refractivity contribution >= 4 is 45.3 Å². The third-order valence-electron chi connectivity index (χ3n) is 8.28. The van der Waals surface area contributed by atoms with Crippen LogP contribution in [-0.2, 0) is 14.3 Å². The molecule has 1 aliphatic heterocycles. The number of benzene rings is 1. The summed E-state index contributed by atoms with van der Waals surface area (Å²) in [6.45, 7) is 9.76. The van der Waals surface area contributed by atoms with E-state index in [1.165, 1.54) is 16.2 Å². The summed E-state index contributed by atoms with van der Waals surface area (Å²) in [7, 11) is 1.59. The molecule has 0 spiro atoms. The van der Waals surface area contributed by atoms with Crippen LogP contribution in [0.3, 0.4) is 0 Å². The molecular weight excluding hydrogens is 608 g/mol. The molecule has 3 heterocycles. The van der Waals surface area contributed by atoms with Crippen molar-refractivity contribution in [3.8, 4) is 22.9 Å². The number of alkyl carbamates (subject to hydrolysis) is 1. The number of nitrogens with two attached hydrogens (primary N) is 1. The Morgan fingerprint density at radius 3 is 2.46 bits per heavy atom. The minimum absolute atomic E-state index is 0.104. The zero-order valence-electron chi connectivity index (χ0n) is 27.3. The second-order valence-electron chi connectivity index (χ2n) is 13.4. The molecule has 1 saturated heterocycles. The van der Waals surface area contributed by atoms with Crippen molar-refractivity contribution in [2.24, 2.45) is 11.1 Å². The quantitative estimate of drug-likeness (QED) is 0.271. The Morgan fingerprint density at radius 2 is 1.80 bits per heavy atom. The van der Waals surface area contributed by atoms with Gasteiger partial charge in [0.1, 0.15) is 41.5 Å². The Hall–Kier alpha value is -4.13. The van der Waals surface area contributed by atoms with Crippen molar-refractivity contribution < 1.29 is 28.6 Å². The van der Waals surface area contributed by atoms with E-state index in [2.05, 4.69) is 10.6 Å². The molecular formula is C33H44N6O6S. The highest BCUT2D eigenvalue weighted by Crippen LogP contribution is 2.36. The molecule has 3 amide bonds. The van der Waals surface area contributed by atoms with Gasteiger partial charge in [-0.3, -0.25) is 9.59 Å². The second-order valence-corrected chi connectivity index (χ2v) is 14.2. The summed E-state index contributed by atoms with van der Waals surface area (Å²) in [6, 6.07) is 5.71. The third kappa shape index (κ3) is 7.63. The van der Waals surface area contributed by atoms with Gasteiger partial charge in [0.05, 0.1) is 24.9 Å². The number of primary amides is 1. The molecule has 1 saturated carbocycles. The predicted molar refractivity (Wildman–Crippen MR) is 177 cm³/mol. The van der Waals surface area contributed by atoms with E-state index in [0.717, 1.165) is 36.2 Å². The fraction of sp³-hybridized carbons (Fsp3) is 0.545. The smallest absolute Gasteiger partial charge is 0.408 e. The monoisotopic (exact) mass is 652 g/mol. The lowest BCUT2D eigenvalue weighted by Gasteiger charge is -2.34. The number of nitrogens with zero attached hydrogens (tertiary/aromatic N) is 3. The van der Waals surface area contributed by atoms with Gasteiger partial charge in [0.2, 0.25) is 11.8 Å². The molecule has 46 heavy (non-hydrogen) atoms. The van der Waals surface area contributed by atoms with E-state index in [-0.39, 0.29) is 25.1 Å². The second kappa shape index (κ2) is 13.7. The summed E-state index contributed by atoms with van der Waals surface area (Å²) in [5, 5.41) is 9.55. The van der Waals surface area contributed by atoms with Gasteiger partial charge in [-0.05, 0) is 57.1 Å². The van der Waals surface area contributed by atoms with Crippen LogP contribution in [0.1, 0.15) is 66.7 Å². The predicted octanol–water partition coefficient (Wildman–Crippen LogP) is 5.10. The lowest BCUT2D eigenvalue weighted by atomic mass is 9.85. The highest BCUT2D eigenvalue weighted by molar-refractivity contribution is 7.14. The van der Waals surface area contributed by atoms with Crippen LogP contribution in [0.25, 0.3) is 22.3 Å². The Bertz CT molecular complexity index is 1580. The van der Waals surface area contributed by atoms with E-state index >= 15 is 0 Å². The Labute approximate surface area is 273 Å². The fourth-order valence-electron chi connectivity index (χ4n) is 5.94. The number of amides is 3. The summed E-state index contributed by atoms with van der Waals surface area (Å²) in [6.07, 6.45) is 2.50. The van der Waals surface area contributed by atoms with Crippen LogP contribution in [0.5, 0.6) is 11.5 Å². The molecule has 5 rings (SSSR count). The lowest BCUT2D eigenvalue weighted by Crippen LogP contribution is -2.57. The molecule has 2 aromatic heterocycles. The molecule has 2 aliphatic rings. The molecule has 12 nitrogen and oxygen atoms in total. The minimum atomic E-state index is -0.943. The number of likely N-dealkylation sites (tertiary alicyclic amines) is 1. The highest BCUT2D eigenvalue weighted by Gasteiger charge is 2.45. The van der Waals surface area contributed by atoms with Crippen molar-refractivity contribution in [3.05, 3.63) is 29.6 Å². The van der Waals surface area contributed by atoms with Gasteiger partial charge in [-0.15, -0.1) is 11.3 Å². The van der Waals surface area contributed by atoms with Crippen LogP contribution in [0.15, 0.2) is 29.6 Å². The highest BCUT2D eigenvalue weighted by atomic mass is 32.1. The minimum Gasteiger partial charge on any atom is -0.497 e. The number of carbonyl (C=O) groups excluding carboxylic acids is 3. The fourth-order valence-corrected chi connectivity index (χ4v) is 6.79. The molecule has 13 heteroatoms. The summed E-state index contributed by atoms with van der Waals surface area (Å²) in [4.78, 5) is 50.5. The van der Waals surface area contributed by atoms with Gasteiger partial charge >= 0.3 is 6.09 Å². The summed E-state index contributed by atoms with van der Waals surface area (Å²) >= 11 is 1.49. The zero-order valence-corrected chi connectivity index (χ0v) is 28.1. The number of ether oxygens (including phenoxy) is 3. The standard InChI is InChI=1S/C33H44N6O6S/c1-18(2)35-31-37-25(17-46-31)24-15-27(22-12-11-20(43-6)13-23(22)36-24)44-21-14-26(29(34)40)39(16-21)30(41)28(33(3,4)5)38-32(42)45-19-9-7-8-10-19/h11-13,15,17-19,21,26,28H,7-10,14,16H2,1-6H3,(H2,34,40)(H,35,37)(H,38,42)/t21-,26+,28-/m1/s1. The molecule has 4 N–H and O–H groups in total. The third-order valence-corrected chi connectivity index (χ3v) is 9.05. The van der Waals surface area contributed by atoms with Crippen molar-refractivity contribution in [3.63, 3.8) is 0 Å². The lowest BCUT2D eigenvalue weighted by molar-refractivity contribution is -0.141. The average molecular weight is 653 g/mol. The van der Waals surface area contributed by atoms with Gasteiger partial charge in [0.15, 0.2) is 5.13 Å². The zero-order chi connectivity index (χ0) is 33.2. The number of aromatic nitrogens is 2. The molecule has 1 aliphatic carbocycles. The summed E-state index contributed by atoms with van der Waals surface area (Å²) in [5.41, 5.74) is 7.10. The van der Waals surface area contributed by atoms with Gasteiger partial charge in [0, 0.05) is 35.4 Å². The van der Waals surface area contributed by atoms with E-state index < -0.39 is 41.5 Å². The number of thiazole rings is 1. The van der Waals surface area contributed by atoms with E-state index in [0.29, 0.717) is 28.4 Å². The molecule has 1 aromatic carbocycles.